The minimum atomic E-state index is -0.339. The summed E-state index contributed by atoms with van der Waals surface area (Å²) in [7, 11) is 0. The van der Waals surface area contributed by atoms with Crippen molar-refractivity contribution in [2.24, 2.45) is 0 Å². The molecular weight excluding hydrogens is 330 g/mol. The molecule has 1 aromatic carbocycles. The standard InChI is InChI=1S/C19H19N5O2/c25-18-15(12-13-4-1-2-5-16(13)22-18)19(26)24-10-7-14(8-11-24)21-17-6-3-9-20-23-17/h1-6,9,12,14H,7-8,10-11H2,(H,21,23)(H,22,25). The summed E-state index contributed by atoms with van der Waals surface area (Å²) in [5.41, 5.74) is 0.596. The van der Waals surface area contributed by atoms with Crippen molar-refractivity contribution in [2.75, 3.05) is 18.4 Å². The number of anilines is 1. The van der Waals surface area contributed by atoms with Gasteiger partial charge in [-0.25, -0.2) is 0 Å². The summed E-state index contributed by atoms with van der Waals surface area (Å²) in [6, 6.07) is 13.1. The van der Waals surface area contributed by atoms with Crippen LogP contribution in [0.5, 0.6) is 0 Å². The van der Waals surface area contributed by atoms with Gasteiger partial charge in [0.25, 0.3) is 11.5 Å². The van der Waals surface area contributed by atoms with Crippen LogP contribution in [0.25, 0.3) is 10.9 Å². The van der Waals surface area contributed by atoms with E-state index in [-0.39, 0.29) is 23.1 Å². The Kier molecular flexibility index (Phi) is 4.35. The molecule has 4 rings (SSSR count). The van der Waals surface area contributed by atoms with Crippen LogP contribution in [0.4, 0.5) is 5.82 Å². The van der Waals surface area contributed by atoms with Crippen molar-refractivity contribution in [3.05, 3.63) is 64.6 Å². The number of pyridine rings is 1. The number of aromatic nitrogens is 3. The van der Waals surface area contributed by atoms with Crippen molar-refractivity contribution < 1.29 is 4.79 Å². The highest BCUT2D eigenvalue weighted by molar-refractivity contribution is 5.97. The van der Waals surface area contributed by atoms with Gasteiger partial charge in [-0.15, -0.1) is 5.10 Å². The van der Waals surface area contributed by atoms with Crippen molar-refractivity contribution in [2.45, 2.75) is 18.9 Å². The third-order valence-electron chi connectivity index (χ3n) is 4.69. The lowest BCUT2D eigenvalue weighted by Crippen LogP contribution is -2.43. The molecule has 0 bridgehead atoms. The highest BCUT2D eigenvalue weighted by Gasteiger charge is 2.25. The Labute approximate surface area is 150 Å². The number of carbonyl (C=O) groups is 1. The lowest BCUT2D eigenvalue weighted by Gasteiger charge is -2.32. The molecule has 1 fully saturated rings. The Morgan fingerprint density at radius 1 is 1.15 bits per heavy atom. The lowest BCUT2D eigenvalue weighted by molar-refractivity contribution is 0.0717. The number of likely N-dealkylation sites (tertiary alicyclic amines) is 1. The van der Waals surface area contributed by atoms with Gasteiger partial charge < -0.3 is 15.2 Å². The van der Waals surface area contributed by atoms with Gasteiger partial charge in [0.05, 0.1) is 0 Å². The number of nitrogens with zero attached hydrogens (tertiary/aromatic N) is 3. The van der Waals surface area contributed by atoms with Crippen LogP contribution in [0.2, 0.25) is 0 Å². The molecule has 2 N–H and O–H groups in total. The molecule has 0 unspecified atom stereocenters. The lowest BCUT2D eigenvalue weighted by atomic mass is 10.0. The summed E-state index contributed by atoms with van der Waals surface area (Å²) < 4.78 is 0. The molecule has 0 saturated carbocycles. The first kappa shape index (κ1) is 16.3. The minimum absolute atomic E-state index is 0.198. The van der Waals surface area contributed by atoms with Crippen molar-refractivity contribution in [3.63, 3.8) is 0 Å². The highest BCUT2D eigenvalue weighted by atomic mass is 16.2. The fourth-order valence-corrected chi connectivity index (χ4v) is 3.29. The van der Waals surface area contributed by atoms with E-state index in [2.05, 4.69) is 20.5 Å². The minimum Gasteiger partial charge on any atom is -0.366 e. The number of H-pyrrole nitrogens is 1. The normalized spacial score (nSPS) is 15.2. The van der Waals surface area contributed by atoms with Crippen LogP contribution in [0.3, 0.4) is 0 Å². The number of amides is 1. The number of aromatic amines is 1. The highest BCUT2D eigenvalue weighted by Crippen LogP contribution is 2.17. The van der Waals surface area contributed by atoms with Gasteiger partial charge in [0.1, 0.15) is 11.4 Å². The van der Waals surface area contributed by atoms with Gasteiger partial charge >= 0.3 is 0 Å². The maximum absolute atomic E-state index is 12.8. The number of benzene rings is 1. The third-order valence-corrected chi connectivity index (χ3v) is 4.69. The first-order valence-corrected chi connectivity index (χ1v) is 8.66. The zero-order valence-corrected chi connectivity index (χ0v) is 14.2. The van der Waals surface area contributed by atoms with E-state index in [0.29, 0.717) is 13.1 Å². The molecule has 3 heterocycles. The Hall–Kier alpha value is -3.22. The van der Waals surface area contributed by atoms with Crippen molar-refractivity contribution in [1.29, 1.82) is 0 Å². The molecule has 26 heavy (non-hydrogen) atoms. The van der Waals surface area contributed by atoms with Crippen LogP contribution in [0.1, 0.15) is 23.2 Å². The smallest absolute Gasteiger partial charge is 0.261 e. The summed E-state index contributed by atoms with van der Waals surface area (Å²) in [6.07, 6.45) is 3.23. The molecule has 2 aromatic heterocycles. The summed E-state index contributed by atoms with van der Waals surface area (Å²) >= 11 is 0. The second-order valence-corrected chi connectivity index (χ2v) is 6.42. The number of rotatable bonds is 3. The molecule has 7 heteroatoms. The second kappa shape index (κ2) is 6.95. The van der Waals surface area contributed by atoms with E-state index in [1.54, 1.807) is 17.2 Å². The molecule has 1 amide bonds. The molecule has 0 radical (unpaired) electrons. The van der Waals surface area contributed by atoms with Gasteiger partial charge in [-0.1, -0.05) is 18.2 Å². The van der Waals surface area contributed by atoms with Crippen molar-refractivity contribution in [1.82, 2.24) is 20.1 Å². The maximum Gasteiger partial charge on any atom is 0.261 e. The third kappa shape index (κ3) is 3.28. The van der Waals surface area contributed by atoms with Crippen LogP contribution in [-0.2, 0) is 0 Å². The second-order valence-electron chi connectivity index (χ2n) is 6.42. The molecular formula is C19H19N5O2. The van der Waals surface area contributed by atoms with Gasteiger partial charge in [0.15, 0.2) is 0 Å². The molecule has 0 aliphatic carbocycles. The van der Waals surface area contributed by atoms with E-state index in [1.807, 2.05) is 36.4 Å². The number of fused-ring (bicyclic) bond motifs is 1. The molecule has 0 spiro atoms. The van der Waals surface area contributed by atoms with Crippen LogP contribution in [-0.4, -0.2) is 45.1 Å². The van der Waals surface area contributed by atoms with E-state index < -0.39 is 0 Å². The molecule has 1 saturated heterocycles. The number of nitrogens with one attached hydrogen (secondary N) is 2. The van der Waals surface area contributed by atoms with E-state index in [9.17, 15) is 9.59 Å². The van der Waals surface area contributed by atoms with Gasteiger partial charge in [-0.3, -0.25) is 9.59 Å². The topological polar surface area (TPSA) is 91.0 Å². The molecule has 1 aliphatic rings. The first-order chi connectivity index (χ1) is 12.7. The Morgan fingerprint density at radius 2 is 1.96 bits per heavy atom. The van der Waals surface area contributed by atoms with Crippen molar-refractivity contribution in [3.8, 4) is 0 Å². The number of para-hydroxylation sites is 1. The largest absolute Gasteiger partial charge is 0.366 e. The Balaban J connectivity index is 1.45. The summed E-state index contributed by atoms with van der Waals surface area (Å²) in [5.74, 6) is 0.526. The zero-order valence-electron chi connectivity index (χ0n) is 14.2. The van der Waals surface area contributed by atoms with Crippen molar-refractivity contribution >= 4 is 22.6 Å². The first-order valence-electron chi connectivity index (χ1n) is 8.66. The average molecular weight is 349 g/mol. The Morgan fingerprint density at radius 3 is 2.73 bits per heavy atom. The fraction of sp³-hybridized carbons (Fsp3) is 0.263. The Bertz CT molecular complexity index is 978. The van der Waals surface area contributed by atoms with Gasteiger partial charge in [0.2, 0.25) is 0 Å². The number of hydrogen-bond acceptors (Lipinski definition) is 5. The van der Waals surface area contributed by atoms with Crippen LogP contribution < -0.4 is 10.9 Å². The van der Waals surface area contributed by atoms with Gasteiger partial charge in [-0.05, 0) is 42.5 Å². The number of carbonyl (C=O) groups excluding carboxylic acids is 1. The summed E-state index contributed by atoms with van der Waals surface area (Å²) in [4.78, 5) is 29.6. The van der Waals surface area contributed by atoms with E-state index in [4.69, 9.17) is 0 Å². The summed E-state index contributed by atoms with van der Waals surface area (Å²) in [6.45, 7) is 1.20. The predicted molar refractivity (Wildman–Crippen MR) is 99.1 cm³/mol. The predicted octanol–water partition coefficient (Wildman–Crippen LogP) is 2.03. The number of piperidine rings is 1. The van der Waals surface area contributed by atoms with E-state index in [1.165, 1.54) is 0 Å². The SMILES string of the molecule is O=C(c1cc2ccccc2[nH]c1=O)N1CCC(Nc2cccnn2)CC1. The van der Waals surface area contributed by atoms with Crippen LogP contribution >= 0.6 is 0 Å². The zero-order chi connectivity index (χ0) is 17.9. The molecule has 3 aromatic rings. The van der Waals surface area contributed by atoms with Crippen LogP contribution in [0, 0.1) is 0 Å². The average Bonchev–Trinajstić information content (AvgIpc) is 2.68. The van der Waals surface area contributed by atoms with Gasteiger partial charge in [-0.2, -0.15) is 5.10 Å². The number of hydrogen-bond donors (Lipinski definition) is 2. The molecule has 7 nitrogen and oxygen atoms in total. The van der Waals surface area contributed by atoms with E-state index >= 15 is 0 Å². The van der Waals surface area contributed by atoms with E-state index in [0.717, 1.165) is 29.6 Å². The van der Waals surface area contributed by atoms with Crippen LogP contribution in [0.15, 0.2) is 53.5 Å². The fourth-order valence-electron chi connectivity index (χ4n) is 3.29. The maximum atomic E-state index is 12.8. The molecule has 1 aliphatic heterocycles. The van der Waals surface area contributed by atoms with Gasteiger partial charge in [0, 0.05) is 30.8 Å². The molecule has 132 valence electrons. The molecule has 0 atom stereocenters. The monoisotopic (exact) mass is 349 g/mol. The quantitative estimate of drug-likeness (QED) is 0.755. The summed E-state index contributed by atoms with van der Waals surface area (Å²) in [5, 5.41) is 12.1.